The lowest BCUT2D eigenvalue weighted by Crippen LogP contribution is -2.21. The number of aromatic nitrogens is 3. The van der Waals surface area contributed by atoms with Crippen LogP contribution in [0.15, 0.2) is 79.3 Å². The molecule has 0 bridgehead atoms. The summed E-state index contributed by atoms with van der Waals surface area (Å²) in [5.41, 5.74) is 3.38. The molecule has 0 aliphatic carbocycles. The second-order valence-corrected chi connectivity index (χ2v) is 12.3. The van der Waals surface area contributed by atoms with E-state index in [1.54, 1.807) is 17.4 Å². The zero-order valence-electron chi connectivity index (χ0n) is 21.1. The van der Waals surface area contributed by atoms with Crippen molar-refractivity contribution in [2.45, 2.75) is 13.2 Å². The van der Waals surface area contributed by atoms with Gasteiger partial charge in [0.1, 0.15) is 45.2 Å². The van der Waals surface area contributed by atoms with Crippen molar-refractivity contribution < 1.29 is 17.5 Å². The number of hydrogen-bond acceptors (Lipinski definition) is 9. The van der Waals surface area contributed by atoms with Crippen LogP contribution in [0.4, 0.5) is 15.9 Å². The van der Waals surface area contributed by atoms with E-state index in [2.05, 4.69) is 25.6 Å². The molecule has 0 saturated heterocycles. The van der Waals surface area contributed by atoms with Crippen LogP contribution >= 0.6 is 11.3 Å². The molecule has 3 aromatic carbocycles. The highest BCUT2D eigenvalue weighted by Crippen LogP contribution is 2.31. The molecule has 0 saturated carbocycles. The highest BCUT2D eigenvalue weighted by molar-refractivity contribution is 7.90. The molecule has 5 aromatic rings. The Labute approximate surface area is 229 Å². The van der Waals surface area contributed by atoms with Gasteiger partial charge in [0.2, 0.25) is 0 Å². The molecule has 0 aliphatic rings. The van der Waals surface area contributed by atoms with Gasteiger partial charge in [-0.3, -0.25) is 0 Å². The summed E-state index contributed by atoms with van der Waals surface area (Å²) in [5.74, 6) is 1.15. The number of halogens is 1. The van der Waals surface area contributed by atoms with Gasteiger partial charge < -0.3 is 15.4 Å². The first-order valence-electron chi connectivity index (χ1n) is 12.1. The molecule has 2 aromatic heterocycles. The summed E-state index contributed by atoms with van der Waals surface area (Å²) >= 11 is 1.55. The lowest BCUT2D eigenvalue weighted by Gasteiger charge is -2.11. The molecule has 0 aliphatic heterocycles. The van der Waals surface area contributed by atoms with E-state index < -0.39 is 9.84 Å². The number of ether oxygens (including phenoxy) is 1. The van der Waals surface area contributed by atoms with Gasteiger partial charge in [0, 0.05) is 36.6 Å². The van der Waals surface area contributed by atoms with E-state index in [1.165, 1.54) is 24.7 Å². The number of thiazole rings is 1. The fourth-order valence-electron chi connectivity index (χ4n) is 3.85. The van der Waals surface area contributed by atoms with Gasteiger partial charge in [-0.25, -0.2) is 27.8 Å². The summed E-state index contributed by atoms with van der Waals surface area (Å²) in [6, 6.07) is 19.8. The molecule has 0 atom stereocenters. The number of benzene rings is 3. The standard InChI is InChI=1S/C28H26FN5O3S2/c1-39(35,36)12-11-30-16-27-31-15-26(38-27)20-5-10-25-24(14-20)28(33-18-32-25)34-22-6-8-23(9-7-22)37-17-19-3-2-4-21(29)13-19/h2-10,13-15,18,30H,11-12,16-17H2,1H3,(H,32,33,34). The predicted molar refractivity (Wildman–Crippen MR) is 153 cm³/mol. The number of nitrogens with zero attached hydrogens (tertiary/aromatic N) is 3. The van der Waals surface area contributed by atoms with E-state index in [4.69, 9.17) is 4.74 Å². The van der Waals surface area contributed by atoms with Gasteiger partial charge in [0.15, 0.2) is 0 Å². The first-order valence-corrected chi connectivity index (χ1v) is 15.0. The Kier molecular flexibility index (Phi) is 8.10. The first kappa shape index (κ1) is 26.7. The van der Waals surface area contributed by atoms with E-state index in [0.717, 1.165) is 37.6 Å². The normalized spacial score (nSPS) is 11.5. The second-order valence-electron chi connectivity index (χ2n) is 8.95. The van der Waals surface area contributed by atoms with E-state index in [0.29, 0.717) is 24.7 Å². The maximum atomic E-state index is 13.4. The maximum absolute atomic E-state index is 13.4. The van der Waals surface area contributed by atoms with Crippen molar-refractivity contribution in [2.75, 3.05) is 23.9 Å². The van der Waals surface area contributed by atoms with Crippen molar-refractivity contribution >= 4 is 43.6 Å². The Hall–Kier alpha value is -3.93. The number of fused-ring (bicyclic) bond motifs is 1. The number of hydrogen-bond donors (Lipinski definition) is 2. The summed E-state index contributed by atoms with van der Waals surface area (Å²) in [7, 11) is -3.00. The summed E-state index contributed by atoms with van der Waals surface area (Å²) in [6.45, 7) is 1.17. The zero-order chi connectivity index (χ0) is 27.2. The lowest BCUT2D eigenvalue weighted by molar-refractivity contribution is 0.305. The smallest absolute Gasteiger partial charge is 0.148 e. The third kappa shape index (κ3) is 7.34. The Morgan fingerprint density at radius 1 is 1.00 bits per heavy atom. The number of anilines is 2. The highest BCUT2D eigenvalue weighted by atomic mass is 32.2. The van der Waals surface area contributed by atoms with Gasteiger partial charge >= 0.3 is 0 Å². The molecule has 0 fully saturated rings. The van der Waals surface area contributed by atoms with Crippen LogP contribution in [0.1, 0.15) is 10.6 Å². The van der Waals surface area contributed by atoms with Crippen LogP contribution in [-0.4, -0.2) is 41.9 Å². The minimum Gasteiger partial charge on any atom is -0.489 e. The largest absolute Gasteiger partial charge is 0.489 e. The van der Waals surface area contributed by atoms with Crippen molar-refractivity contribution in [3.63, 3.8) is 0 Å². The minimum absolute atomic E-state index is 0.0936. The second kappa shape index (κ2) is 11.9. The van der Waals surface area contributed by atoms with Crippen LogP contribution in [0.2, 0.25) is 0 Å². The van der Waals surface area contributed by atoms with Crippen LogP contribution in [0.25, 0.3) is 21.3 Å². The molecule has 0 spiro atoms. The molecule has 5 rings (SSSR count). The average molecular weight is 564 g/mol. The third-order valence-corrected chi connectivity index (χ3v) is 7.80. The number of nitrogens with one attached hydrogen (secondary N) is 2. The topological polar surface area (TPSA) is 106 Å². The fraction of sp³-hybridized carbons (Fsp3) is 0.179. The molecular weight excluding hydrogens is 537 g/mol. The van der Waals surface area contributed by atoms with E-state index in [9.17, 15) is 12.8 Å². The molecule has 39 heavy (non-hydrogen) atoms. The SMILES string of the molecule is CS(=O)(=O)CCNCc1ncc(-c2ccc3ncnc(Nc4ccc(OCc5cccc(F)c5)cc4)c3c2)s1. The van der Waals surface area contributed by atoms with Crippen molar-refractivity contribution in [1.29, 1.82) is 0 Å². The average Bonchev–Trinajstić information content (AvgIpc) is 3.39. The first-order chi connectivity index (χ1) is 18.8. The van der Waals surface area contributed by atoms with Gasteiger partial charge in [0.25, 0.3) is 0 Å². The number of sulfone groups is 1. The molecule has 0 amide bonds. The summed E-state index contributed by atoms with van der Waals surface area (Å²) < 4.78 is 41.8. The highest BCUT2D eigenvalue weighted by Gasteiger charge is 2.10. The summed E-state index contributed by atoms with van der Waals surface area (Å²) in [6.07, 6.45) is 4.57. The Morgan fingerprint density at radius 2 is 1.85 bits per heavy atom. The molecule has 0 unspecified atom stereocenters. The van der Waals surface area contributed by atoms with Crippen LogP contribution < -0.4 is 15.4 Å². The van der Waals surface area contributed by atoms with Gasteiger partial charge in [-0.05, 0) is 59.7 Å². The molecular formula is C28H26FN5O3S2. The van der Waals surface area contributed by atoms with Crippen LogP contribution in [0.3, 0.4) is 0 Å². The monoisotopic (exact) mass is 563 g/mol. The Balaban J connectivity index is 1.26. The molecule has 11 heteroatoms. The Morgan fingerprint density at radius 3 is 2.64 bits per heavy atom. The Bertz CT molecular complexity index is 1690. The third-order valence-electron chi connectivity index (χ3n) is 5.81. The quantitative estimate of drug-likeness (QED) is 0.207. The van der Waals surface area contributed by atoms with Crippen LogP contribution in [0, 0.1) is 5.82 Å². The molecule has 2 heterocycles. The van der Waals surface area contributed by atoms with E-state index in [-0.39, 0.29) is 18.2 Å². The van der Waals surface area contributed by atoms with Gasteiger partial charge in [-0.15, -0.1) is 11.3 Å². The number of rotatable bonds is 11. The van der Waals surface area contributed by atoms with Crippen LogP contribution in [0.5, 0.6) is 5.75 Å². The van der Waals surface area contributed by atoms with Crippen LogP contribution in [-0.2, 0) is 23.0 Å². The molecule has 200 valence electrons. The van der Waals surface area contributed by atoms with Crippen molar-refractivity contribution in [2.24, 2.45) is 0 Å². The van der Waals surface area contributed by atoms with Crippen molar-refractivity contribution in [1.82, 2.24) is 20.3 Å². The molecule has 8 nitrogen and oxygen atoms in total. The van der Waals surface area contributed by atoms with Gasteiger partial charge in [-0.2, -0.15) is 0 Å². The van der Waals surface area contributed by atoms with Crippen molar-refractivity contribution in [3.05, 3.63) is 95.6 Å². The van der Waals surface area contributed by atoms with Crippen molar-refractivity contribution in [3.8, 4) is 16.2 Å². The van der Waals surface area contributed by atoms with E-state index >= 15 is 0 Å². The molecule has 2 N–H and O–H groups in total. The maximum Gasteiger partial charge on any atom is 0.148 e. The zero-order valence-corrected chi connectivity index (χ0v) is 22.7. The summed E-state index contributed by atoms with van der Waals surface area (Å²) in [4.78, 5) is 14.3. The molecule has 0 radical (unpaired) electrons. The summed E-state index contributed by atoms with van der Waals surface area (Å²) in [5, 5.41) is 8.22. The fourth-order valence-corrected chi connectivity index (χ4v) is 5.25. The predicted octanol–water partition coefficient (Wildman–Crippen LogP) is 5.35. The minimum atomic E-state index is -3.00. The van der Waals surface area contributed by atoms with Gasteiger partial charge in [-0.1, -0.05) is 18.2 Å². The van der Waals surface area contributed by atoms with E-state index in [1.807, 2.05) is 54.7 Å². The van der Waals surface area contributed by atoms with Gasteiger partial charge in [0.05, 0.1) is 16.1 Å². The lowest BCUT2D eigenvalue weighted by atomic mass is 10.1.